The number of aryl methyl sites for hydroxylation is 1. The minimum Gasteiger partial charge on any atom is -0.316 e. The molecule has 1 unspecified atom stereocenters. The molecule has 1 N–H and O–H groups in total. The molecule has 1 aliphatic rings. The van der Waals surface area contributed by atoms with Gasteiger partial charge in [-0.25, -0.2) is 9.18 Å². The zero-order valence-electron chi connectivity index (χ0n) is 11.2. The third-order valence-electron chi connectivity index (χ3n) is 3.92. The van der Waals surface area contributed by atoms with E-state index in [-0.39, 0.29) is 16.8 Å². The minimum atomic E-state index is -0.547. The second-order valence-electron chi connectivity index (χ2n) is 5.25. The predicted octanol–water partition coefficient (Wildman–Crippen LogP) is 0.449. The number of fused-ring (bicyclic) bond motifs is 1. The zero-order chi connectivity index (χ0) is 14.3. The Hall–Kier alpha value is -1.95. The van der Waals surface area contributed by atoms with Crippen molar-refractivity contribution in [3.8, 4) is 0 Å². The van der Waals surface area contributed by atoms with Crippen LogP contribution in [0.5, 0.6) is 0 Å². The molecule has 0 radical (unpaired) electrons. The van der Waals surface area contributed by atoms with Crippen LogP contribution in [0.3, 0.4) is 0 Å². The van der Waals surface area contributed by atoms with E-state index >= 15 is 0 Å². The van der Waals surface area contributed by atoms with Crippen LogP contribution >= 0.6 is 0 Å². The normalized spacial score (nSPS) is 18.8. The Bertz CT molecular complexity index is 772. The molecule has 2 heterocycles. The van der Waals surface area contributed by atoms with Crippen molar-refractivity contribution in [3.63, 3.8) is 0 Å². The lowest BCUT2D eigenvalue weighted by atomic mass is 10.1. The van der Waals surface area contributed by atoms with E-state index in [0.717, 1.165) is 19.5 Å². The van der Waals surface area contributed by atoms with E-state index in [4.69, 9.17) is 0 Å². The van der Waals surface area contributed by atoms with E-state index in [2.05, 4.69) is 5.32 Å². The van der Waals surface area contributed by atoms with Crippen molar-refractivity contribution in [3.05, 3.63) is 44.9 Å². The first-order valence-corrected chi connectivity index (χ1v) is 6.68. The van der Waals surface area contributed by atoms with Crippen LogP contribution in [0.15, 0.2) is 27.8 Å². The van der Waals surface area contributed by atoms with Gasteiger partial charge in [0.25, 0.3) is 5.56 Å². The zero-order valence-corrected chi connectivity index (χ0v) is 11.2. The van der Waals surface area contributed by atoms with Crippen LogP contribution in [0.4, 0.5) is 4.39 Å². The Morgan fingerprint density at radius 3 is 2.90 bits per heavy atom. The van der Waals surface area contributed by atoms with Gasteiger partial charge in [0.1, 0.15) is 5.82 Å². The largest absolute Gasteiger partial charge is 0.331 e. The second-order valence-corrected chi connectivity index (χ2v) is 5.25. The molecule has 0 spiro atoms. The maximum atomic E-state index is 13.8. The van der Waals surface area contributed by atoms with Gasteiger partial charge in [-0.05, 0) is 37.6 Å². The molecule has 0 saturated carbocycles. The van der Waals surface area contributed by atoms with E-state index in [1.807, 2.05) is 0 Å². The van der Waals surface area contributed by atoms with Crippen molar-refractivity contribution in [1.82, 2.24) is 14.5 Å². The van der Waals surface area contributed by atoms with Crippen molar-refractivity contribution in [1.29, 1.82) is 0 Å². The number of para-hydroxylation sites is 1. The van der Waals surface area contributed by atoms with Crippen molar-refractivity contribution in [2.75, 3.05) is 13.1 Å². The van der Waals surface area contributed by atoms with Crippen LogP contribution in [0.2, 0.25) is 0 Å². The number of nitrogens with zero attached hydrogens (tertiary/aromatic N) is 2. The van der Waals surface area contributed by atoms with E-state index in [1.54, 1.807) is 6.07 Å². The molecule has 20 heavy (non-hydrogen) atoms. The fourth-order valence-corrected chi connectivity index (χ4v) is 2.83. The molecule has 1 aliphatic heterocycles. The molecule has 0 amide bonds. The lowest BCUT2D eigenvalue weighted by molar-refractivity contribution is 0.451. The van der Waals surface area contributed by atoms with Crippen LogP contribution in [-0.4, -0.2) is 22.2 Å². The average molecular weight is 277 g/mol. The summed E-state index contributed by atoms with van der Waals surface area (Å²) in [5.41, 5.74) is -0.794. The molecule has 1 saturated heterocycles. The van der Waals surface area contributed by atoms with Gasteiger partial charge in [-0.2, -0.15) is 0 Å². The maximum Gasteiger partial charge on any atom is 0.331 e. The average Bonchev–Trinajstić information content (AvgIpc) is 2.94. The van der Waals surface area contributed by atoms with Gasteiger partial charge in [-0.1, -0.05) is 6.07 Å². The lowest BCUT2D eigenvalue weighted by Crippen LogP contribution is -2.41. The third-order valence-corrected chi connectivity index (χ3v) is 3.92. The Balaban J connectivity index is 2.23. The minimum absolute atomic E-state index is 0.0725. The highest BCUT2D eigenvalue weighted by Crippen LogP contribution is 2.13. The summed E-state index contributed by atoms with van der Waals surface area (Å²) in [6.45, 7) is 2.09. The van der Waals surface area contributed by atoms with E-state index in [9.17, 15) is 14.0 Å². The number of hydrogen-bond acceptors (Lipinski definition) is 3. The highest BCUT2D eigenvalue weighted by Gasteiger charge is 2.19. The molecule has 1 fully saturated rings. The van der Waals surface area contributed by atoms with Crippen molar-refractivity contribution >= 4 is 10.9 Å². The van der Waals surface area contributed by atoms with E-state index in [0.29, 0.717) is 6.54 Å². The Morgan fingerprint density at radius 2 is 2.20 bits per heavy atom. The number of aromatic nitrogens is 2. The SMILES string of the molecule is Cn1c(=O)n(CC2CCNC2)c(=O)c2cccc(F)c21. The Labute approximate surface area is 114 Å². The summed E-state index contributed by atoms with van der Waals surface area (Å²) in [6.07, 6.45) is 0.941. The van der Waals surface area contributed by atoms with Gasteiger partial charge in [0.15, 0.2) is 0 Å². The number of benzene rings is 1. The summed E-state index contributed by atoms with van der Waals surface area (Å²) in [7, 11) is 1.50. The van der Waals surface area contributed by atoms with Crippen molar-refractivity contribution < 1.29 is 4.39 Å². The summed E-state index contributed by atoms with van der Waals surface area (Å²) in [5.74, 6) is -0.278. The highest BCUT2D eigenvalue weighted by molar-refractivity contribution is 5.78. The van der Waals surface area contributed by atoms with Crippen molar-refractivity contribution in [2.45, 2.75) is 13.0 Å². The molecule has 0 aliphatic carbocycles. The monoisotopic (exact) mass is 277 g/mol. The Kier molecular flexibility index (Phi) is 3.17. The van der Waals surface area contributed by atoms with Gasteiger partial charge in [0.05, 0.1) is 10.9 Å². The van der Waals surface area contributed by atoms with Crippen molar-refractivity contribution in [2.24, 2.45) is 13.0 Å². The van der Waals surface area contributed by atoms with Gasteiger partial charge in [-0.15, -0.1) is 0 Å². The standard InChI is InChI=1S/C14H16FN3O2/c1-17-12-10(3-2-4-11(12)15)13(19)18(14(17)20)8-9-5-6-16-7-9/h2-4,9,16H,5-8H2,1H3. The predicted molar refractivity (Wildman–Crippen MR) is 74.4 cm³/mol. The van der Waals surface area contributed by atoms with Crippen LogP contribution in [0.1, 0.15) is 6.42 Å². The molecule has 1 aromatic heterocycles. The summed E-state index contributed by atoms with van der Waals surface area (Å²) < 4.78 is 16.3. The van der Waals surface area contributed by atoms with Gasteiger partial charge in [0, 0.05) is 13.6 Å². The number of rotatable bonds is 2. The fraction of sp³-hybridized carbons (Fsp3) is 0.429. The summed E-state index contributed by atoms with van der Waals surface area (Å²) in [5, 5.41) is 3.46. The molecule has 1 aromatic carbocycles. The second kappa shape index (κ2) is 4.86. The lowest BCUT2D eigenvalue weighted by Gasteiger charge is -2.14. The molecule has 2 aromatic rings. The molecule has 1 atom stereocenters. The van der Waals surface area contributed by atoms with Crippen LogP contribution in [0.25, 0.3) is 10.9 Å². The maximum absolute atomic E-state index is 13.8. The highest BCUT2D eigenvalue weighted by atomic mass is 19.1. The van der Waals surface area contributed by atoms with Gasteiger partial charge < -0.3 is 5.32 Å². The smallest absolute Gasteiger partial charge is 0.316 e. The van der Waals surface area contributed by atoms with E-state index < -0.39 is 17.1 Å². The van der Waals surface area contributed by atoms with Gasteiger partial charge in [-0.3, -0.25) is 13.9 Å². The third kappa shape index (κ3) is 1.96. The first-order valence-electron chi connectivity index (χ1n) is 6.68. The van der Waals surface area contributed by atoms with Gasteiger partial charge in [0.2, 0.25) is 0 Å². The van der Waals surface area contributed by atoms with Crippen LogP contribution in [0, 0.1) is 11.7 Å². The van der Waals surface area contributed by atoms with Crippen LogP contribution < -0.4 is 16.6 Å². The fourth-order valence-electron chi connectivity index (χ4n) is 2.83. The molecule has 6 heteroatoms. The van der Waals surface area contributed by atoms with Crippen LogP contribution in [-0.2, 0) is 13.6 Å². The molecule has 3 rings (SSSR count). The first kappa shape index (κ1) is 13.1. The molecule has 106 valence electrons. The number of nitrogens with one attached hydrogen (secondary N) is 1. The van der Waals surface area contributed by atoms with Gasteiger partial charge >= 0.3 is 5.69 Å². The number of hydrogen-bond donors (Lipinski definition) is 1. The first-order chi connectivity index (χ1) is 9.59. The quantitative estimate of drug-likeness (QED) is 0.867. The Morgan fingerprint density at radius 1 is 1.40 bits per heavy atom. The van der Waals surface area contributed by atoms with E-state index in [1.165, 1.54) is 28.3 Å². The molecular weight excluding hydrogens is 261 g/mol. The number of halogens is 1. The summed E-state index contributed by atoms with van der Waals surface area (Å²) in [6, 6.07) is 4.31. The summed E-state index contributed by atoms with van der Waals surface area (Å²) in [4.78, 5) is 24.7. The molecule has 5 nitrogen and oxygen atoms in total. The molecular formula is C14H16FN3O2. The summed E-state index contributed by atoms with van der Waals surface area (Å²) >= 11 is 0. The topological polar surface area (TPSA) is 56.0 Å². The molecule has 0 bridgehead atoms.